The maximum Gasteiger partial charge on any atom is 0.259 e. The number of nitrogens with zero attached hydrogens (tertiary/aromatic N) is 1. The van der Waals surface area contributed by atoms with Crippen molar-refractivity contribution < 1.29 is 23.5 Å². The number of methoxy groups -OCH3 is 1. The topological polar surface area (TPSA) is 90.5 Å². The molecule has 0 radical (unpaired) electrons. The third-order valence-electron chi connectivity index (χ3n) is 5.70. The largest absolute Gasteiger partial charge is 0.495 e. The van der Waals surface area contributed by atoms with E-state index in [9.17, 15) is 14.4 Å². The summed E-state index contributed by atoms with van der Waals surface area (Å²) in [4.78, 5) is 36.4. The van der Waals surface area contributed by atoms with E-state index in [0.717, 1.165) is 16.5 Å². The quantitative estimate of drug-likeness (QED) is 0.271. The molecular formula is C25H17ClN2O5. The lowest BCUT2D eigenvalue weighted by molar-refractivity contribution is -0.122. The minimum atomic E-state index is -0.501. The van der Waals surface area contributed by atoms with Crippen LogP contribution in [0, 0.1) is 0 Å². The Morgan fingerprint density at radius 1 is 1.06 bits per heavy atom. The second-order valence-electron chi connectivity index (χ2n) is 7.59. The van der Waals surface area contributed by atoms with E-state index in [-0.39, 0.29) is 11.1 Å². The molecule has 2 amide bonds. The van der Waals surface area contributed by atoms with Crippen LogP contribution in [0.5, 0.6) is 5.75 Å². The van der Waals surface area contributed by atoms with Gasteiger partial charge >= 0.3 is 0 Å². The van der Waals surface area contributed by atoms with Gasteiger partial charge in [0, 0.05) is 41.2 Å². The molecular weight excluding hydrogens is 444 g/mol. The summed E-state index contributed by atoms with van der Waals surface area (Å²) in [5.74, 6) is -0.480. The van der Waals surface area contributed by atoms with E-state index in [1.807, 2.05) is 11.6 Å². The highest BCUT2D eigenvalue weighted by Gasteiger charge is 2.35. The third-order valence-corrected chi connectivity index (χ3v) is 6.00. The fraction of sp³-hybridized carbons (Fsp3) is 0.0800. The second kappa shape index (κ2) is 7.79. The number of nitrogens with one attached hydrogen (secondary N) is 1. The van der Waals surface area contributed by atoms with Gasteiger partial charge in [-0.25, -0.2) is 0 Å². The van der Waals surface area contributed by atoms with Crippen molar-refractivity contribution in [3.8, 4) is 5.75 Å². The third kappa shape index (κ3) is 3.25. The van der Waals surface area contributed by atoms with Gasteiger partial charge in [-0.1, -0.05) is 23.7 Å². The van der Waals surface area contributed by atoms with Crippen molar-refractivity contribution in [3.63, 3.8) is 0 Å². The lowest BCUT2D eigenvalue weighted by Gasteiger charge is -2.06. The number of carbonyl (C=O) groups is 3. The number of halogens is 1. The number of hydrogen-bond donors (Lipinski definition) is 1. The van der Waals surface area contributed by atoms with Crippen molar-refractivity contribution in [1.29, 1.82) is 0 Å². The molecule has 0 bridgehead atoms. The van der Waals surface area contributed by atoms with Gasteiger partial charge in [-0.2, -0.15) is 0 Å². The molecule has 2 aromatic carbocycles. The van der Waals surface area contributed by atoms with Crippen LogP contribution in [0.15, 0.2) is 53.3 Å². The predicted octanol–water partition coefficient (Wildman–Crippen LogP) is 4.37. The number of ether oxygens (including phenoxy) is 1. The highest BCUT2D eigenvalue weighted by Crippen LogP contribution is 2.41. The van der Waals surface area contributed by atoms with Crippen LogP contribution in [-0.4, -0.2) is 29.8 Å². The van der Waals surface area contributed by atoms with Crippen LogP contribution in [0.3, 0.4) is 0 Å². The van der Waals surface area contributed by atoms with Crippen molar-refractivity contribution in [2.45, 2.75) is 0 Å². The maximum atomic E-state index is 12.9. The first-order valence-electron chi connectivity index (χ1n) is 9.99. The molecule has 0 fully saturated rings. The summed E-state index contributed by atoms with van der Waals surface area (Å²) in [5.41, 5.74) is 3.67. The molecule has 7 nitrogen and oxygen atoms in total. The van der Waals surface area contributed by atoms with Crippen LogP contribution < -0.4 is 10.1 Å². The Morgan fingerprint density at radius 3 is 2.55 bits per heavy atom. The monoisotopic (exact) mass is 460 g/mol. The summed E-state index contributed by atoms with van der Waals surface area (Å²) in [6.07, 6.45) is 6.98. The normalized spacial score (nSPS) is 14.2. The Balaban J connectivity index is 1.76. The smallest absolute Gasteiger partial charge is 0.259 e. The number of rotatable bonds is 5. The van der Waals surface area contributed by atoms with E-state index < -0.39 is 11.8 Å². The molecule has 0 unspecified atom stereocenters. The molecule has 164 valence electrons. The van der Waals surface area contributed by atoms with E-state index in [1.54, 1.807) is 42.6 Å². The Kier molecular flexibility index (Phi) is 4.91. The number of fused-ring (bicyclic) bond motifs is 2. The number of furan rings is 1. The number of carbonyl (C=O) groups excluding carboxylic acids is 3. The van der Waals surface area contributed by atoms with E-state index in [1.165, 1.54) is 19.4 Å². The number of imide groups is 1. The summed E-state index contributed by atoms with van der Waals surface area (Å²) in [6, 6.07) is 8.88. The molecule has 0 spiro atoms. The van der Waals surface area contributed by atoms with Crippen molar-refractivity contribution in [2.24, 2.45) is 7.05 Å². The first kappa shape index (κ1) is 20.8. The first-order valence-corrected chi connectivity index (χ1v) is 10.4. The number of benzene rings is 2. The van der Waals surface area contributed by atoms with Gasteiger partial charge < -0.3 is 13.7 Å². The number of aldehydes is 1. The molecule has 5 rings (SSSR count). The molecule has 0 saturated carbocycles. The number of aryl methyl sites for hydroxylation is 1. The van der Waals surface area contributed by atoms with Gasteiger partial charge in [0.15, 0.2) is 0 Å². The molecule has 3 heterocycles. The number of hydrogen-bond acceptors (Lipinski definition) is 5. The zero-order valence-corrected chi connectivity index (χ0v) is 18.4. The molecule has 1 N–H and O–H groups in total. The van der Waals surface area contributed by atoms with Crippen LogP contribution in [-0.2, 0) is 21.4 Å². The van der Waals surface area contributed by atoms with E-state index in [0.29, 0.717) is 39.2 Å². The van der Waals surface area contributed by atoms with Crippen molar-refractivity contribution in [2.75, 3.05) is 7.11 Å². The number of amides is 2. The van der Waals surface area contributed by atoms with Crippen molar-refractivity contribution in [1.82, 2.24) is 9.88 Å². The molecule has 1 aliphatic rings. The highest BCUT2D eigenvalue weighted by molar-refractivity contribution is 6.50. The van der Waals surface area contributed by atoms with Crippen LogP contribution in [0.2, 0.25) is 5.02 Å². The molecule has 0 atom stereocenters. The van der Waals surface area contributed by atoms with Crippen molar-refractivity contribution in [3.05, 3.63) is 70.6 Å². The van der Waals surface area contributed by atoms with E-state index in [4.69, 9.17) is 20.8 Å². The minimum absolute atomic E-state index is 0.231. The molecule has 0 aliphatic carbocycles. The highest BCUT2D eigenvalue weighted by atomic mass is 35.5. The lowest BCUT2D eigenvalue weighted by Crippen LogP contribution is -2.22. The van der Waals surface area contributed by atoms with Crippen LogP contribution in [0.25, 0.3) is 39.1 Å². The SMILES string of the molecule is COc1cc2c(cc1Cl)c(C1=C(c3coc4cc(/C=C/C=O)ccc34)C(=O)NC1=O)cn2C. The van der Waals surface area contributed by atoms with Crippen LogP contribution in [0.1, 0.15) is 16.7 Å². The summed E-state index contributed by atoms with van der Waals surface area (Å²) in [5, 5.41) is 4.20. The van der Waals surface area contributed by atoms with Gasteiger partial charge in [0.1, 0.15) is 17.6 Å². The fourth-order valence-corrected chi connectivity index (χ4v) is 4.44. The average molecular weight is 461 g/mol. The van der Waals surface area contributed by atoms with Crippen LogP contribution >= 0.6 is 11.6 Å². The van der Waals surface area contributed by atoms with Gasteiger partial charge in [0.25, 0.3) is 11.8 Å². The van der Waals surface area contributed by atoms with Crippen LogP contribution in [0.4, 0.5) is 0 Å². The second-order valence-corrected chi connectivity index (χ2v) is 8.00. The molecule has 1 aliphatic heterocycles. The predicted molar refractivity (Wildman–Crippen MR) is 126 cm³/mol. The van der Waals surface area contributed by atoms with Gasteiger partial charge in [-0.3, -0.25) is 19.7 Å². The zero-order valence-electron chi connectivity index (χ0n) is 17.6. The molecule has 0 saturated heterocycles. The van der Waals surface area contributed by atoms with Gasteiger partial charge in [0.05, 0.1) is 35.1 Å². The zero-order chi connectivity index (χ0) is 23.3. The van der Waals surface area contributed by atoms with Gasteiger partial charge in [-0.05, 0) is 29.8 Å². The Labute approximate surface area is 192 Å². The van der Waals surface area contributed by atoms with Crippen molar-refractivity contribution >= 4 is 68.8 Å². The minimum Gasteiger partial charge on any atom is -0.495 e. The molecule has 2 aromatic heterocycles. The Hall–Kier alpha value is -4.10. The Morgan fingerprint density at radius 2 is 1.82 bits per heavy atom. The number of allylic oxidation sites excluding steroid dienone is 1. The maximum absolute atomic E-state index is 12.9. The average Bonchev–Trinajstić information content (AvgIpc) is 3.43. The fourth-order valence-electron chi connectivity index (χ4n) is 4.20. The number of aromatic nitrogens is 1. The summed E-state index contributed by atoms with van der Waals surface area (Å²) >= 11 is 6.36. The molecule has 33 heavy (non-hydrogen) atoms. The standard InChI is InChI=1S/C25H17ClN2O5/c1-28-11-16(15-9-18(26)21(32-2)10-19(15)28)22-23(25(31)27-24(22)30)17-12-33-20-8-13(4-3-7-29)5-6-14(17)20/h3-12H,1-2H3,(H,27,30,31)/b4-3+. The van der Waals surface area contributed by atoms with Gasteiger partial charge in [0.2, 0.25) is 0 Å². The summed E-state index contributed by atoms with van der Waals surface area (Å²) in [7, 11) is 3.38. The first-order chi connectivity index (χ1) is 15.9. The lowest BCUT2D eigenvalue weighted by atomic mass is 9.95. The Bertz CT molecular complexity index is 1550. The van der Waals surface area contributed by atoms with E-state index >= 15 is 0 Å². The van der Waals surface area contributed by atoms with E-state index in [2.05, 4.69) is 5.32 Å². The summed E-state index contributed by atoms with van der Waals surface area (Å²) in [6.45, 7) is 0. The molecule has 8 heteroatoms. The summed E-state index contributed by atoms with van der Waals surface area (Å²) < 4.78 is 12.9. The van der Waals surface area contributed by atoms with Gasteiger partial charge in [-0.15, -0.1) is 0 Å². The molecule has 4 aromatic rings.